The highest BCUT2D eigenvalue weighted by atomic mass is 32.1. The maximum Gasteiger partial charge on any atom is 0.341 e. The van der Waals surface area contributed by atoms with Crippen LogP contribution in [-0.2, 0) is 22.4 Å². The molecule has 6 rings (SSSR count). The molecular formula is C24H33NO3S. The molecule has 1 heterocycles. The Hall–Kier alpha value is -1.36. The van der Waals surface area contributed by atoms with Gasteiger partial charge < -0.3 is 10.1 Å². The van der Waals surface area contributed by atoms with Crippen LogP contribution in [0.3, 0.4) is 0 Å². The first-order chi connectivity index (χ1) is 13.8. The summed E-state index contributed by atoms with van der Waals surface area (Å²) in [4.78, 5) is 27.8. The Bertz CT molecular complexity index is 804. The van der Waals surface area contributed by atoms with Crippen molar-refractivity contribution >= 4 is 28.2 Å². The number of hydrogen-bond acceptors (Lipinski definition) is 4. The molecule has 1 N–H and O–H groups in total. The van der Waals surface area contributed by atoms with E-state index in [4.69, 9.17) is 4.74 Å². The summed E-state index contributed by atoms with van der Waals surface area (Å²) >= 11 is 1.62. The topological polar surface area (TPSA) is 55.4 Å². The van der Waals surface area contributed by atoms with Gasteiger partial charge >= 0.3 is 5.97 Å². The van der Waals surface area contributed by atoms with Crippen molar-refractivity contribution in [3.8, 4) is 0 Å². The van der Waals surface area contributed by atoms with Crippen LogP contribution in [0, 0.1) is 29.1 Å². The van der Waals surface area contributed by atoms with Crippen molar-refractivity contribution in [2.75, 3.05) is 5.32 Å². The molecule has 1 atom stereocenters. The minimum Gasteiger partial charge on any atom is -0.459 e. The zero-order chi connectivity index (χ0) is 20.3. The van der Waals surface area contributed by atoms with Crippen molar-refractivity contribution < 1.29 is 14.3 Å². The number of hydrogen-bond donors (Lipinski definition) is 1. The fraction of sp³-hybridized carbons (Fsp3) is 0.750. The second-order valence-electron chi connectivity index (χ2n) is 10.7. The number of thiophene rings is 1. The van der Waals surface area contributed by atoms with Gasteiger partial charge in [0.1, 0.15) is 5.00 Å². The summed E-state index contributed by atoms with van der Waals surface area (Å²) in [7, 11) is 0. The third-order valence-corrected chi connectivity index (χ3v) is 8.98. The molecule has 158 valence electrons. The summed E-state index contributed by atoms with van der Waals surface area (Å²) in [5.74, 6) is 2.72. The van der Waals surface area contributed by atoms with Crippen molar-refractivity contribution in [1.29, 1.82) is 0 Å². The average Bonchev–Trinajstić information content (AvgIpc) is 2.96. The second-order valence-corrected chi connectivity index (χ2v) is 11.8. The van der Waals surface area contributed by atoms with E-state index in [1.54, 1.807) is 11.3 Å². The Kier molecular flexibility index (Phi) is 4.80. The summed E-state index contributed by atoms with van der Waals surface area (Å²) in [5.41, 5.74) is 1.56. The van der Waals surface area contributed by atoms with Crippen molar-refractivity contribution in [3.05, 3.63) is 16.0 Å². The van der Waals surface area contributed by atoms with Gasteiger partial charge in [0.2, 0.25) is 5.91 Å². The lowest BCUT2D eigenvalue weighted by Crippen LogP contribution is -2.51. The first-order valence-electron chi connectivity index (χ1n) is 11.5. The van der Waals surface area contributed by atoms with E-state index in [0.29, 0.717) is 11.5 Å². The van der Waals surface area contributed by atoms with Crippen molar-refractivity contribution in [1.82, 2.24) is 0 Å². The Morgan fingerprint density at radius 1 is 1.10 bits per heavy atom. The number of ether oxygens (including phenoxy) is 1. The monoisotopic (exact) mass is 415 g/mol. The molecule has 29 heavy (non-hydrogen) atoms. The number of amides is 1. The molecule has 1 aromatic heterocycles. The van der Waals surface area contributed by atoms with Gasteiger partial charge in [-0.3, -0.25) is 4.79 Å². The smallest absolute Gasteiger partial charge is 0.341 e. The van der Waals surface area contributed by atoms with Gasteiger partial charge in [0.15, 0.2) is 0 Å². The first-order valence-corrected chi connectivity index (χ1v) is 12.3. The molecule has 4 bridgehead atoms. The van der Waals surface area contributed by atoms with Crippen molar-refractivity contribution in [2.24, 2.45) is 29.1 Å². The summed E-state index contributed by atoms with van der Waals surface area (Å²) in [6.07, 6.45) is 9.92. The molecule has 1 amide bonds. The van der Waals surface area contributed by atoms with Crippen LogP contribution >= 0.6 is 11.3 Å². The first kappa shape index (κ1) is 19.6. The molecule has 4 fully saturated rings. The van der Waals surface area contributed by atoms with Gasteiger partial charge in [-0.05, 0) is 101 Å². The summed E-state index contributed by atoms with van der Waals surface area (Å²) < 4.78 is 5.58. The highest BCUT2D eigenvalue weighted by Crippen LogP contribution is 2.60. The maximum atomic E-state index is 13.6. The van der Waals surface area contributed by atoms with Crippen molar-refractivity contribution in [2.45, 2.75) is 84.7 Å². The number of fused-ring (bicyclic) bond motifs is 1. The molecule has 5 aliphatic rings. The van der Waals surface area contributed by atoms with E-state index in [0.717, 1.165) is 66.8 Å². The zero-order valence-electron chi connectivity index (χ0n) is 17.9. The average molecular weight is 416 g/mol. The van der Waals surface area contributed by atoms with Gasteiger partial charge in [-0.15, -0.1) is 11.3 Å². The van der Waals surface area contributed by atoms with Crippen LogP contribution in [0.25, 0.3) is 0 Å². The second kappa shape index (κ2) is 7.11. The lowest BCUT2D eigenvalue weighted by atomic mass is 9.49. The van der Waals surface area contributed by atoms with Crippen LogP contribution in [0.1, 0.15) is 86.5 Å². The lowest BCUT2D eigenvalue weighted by molar-refractivity contribution is -0.140. The quantitative estimate of drug-likeness (QED) is 0.652. The van der Waals surface area contributed by atoms with Gasteiger partial charge in [0, 0.05) is 4.88 Å². The molecule has 0 spiro atoms. The molecule has 0 aromatic carbocycles. The standard InChI is InChI=1S/C24H33NO3S/c1-13(2)28-22(26)20-18-5-4-14(3)6-19(18)29-21(20)25-23(27)24-10-15-7-16(11-24)9-17(8-15)12-24/h13-17H,4-12H2,1-3H3,(H,25,27). The third kappa shape index (κ3) is 3.43. The maximum absolute atomic E-state index is 13.6. The highest BCUT2D eigenvalue weighted by molar-refractivity contribution is 7.17. The van der Waals surface area contributed by atoms with E-state index in [-0.39, 0.29) is 23.4 Å². The van der Waals surface area contributed by atoms with E-state index >= 15 is 0 Å². The van der Waals surface area contributed by atoms with Crippen LogP contribution in [0.2, 0.25) is 0 Å². The zero-order valence-corrected chi connectivity index (χ0v) is 18.7. The summed E-state index contributed by atoms with van der Waals surface area (Å²) in [6.45, 7) is 6.03. The van der Waals surface area contributed by atoms with Crippen LogP contribution in [0.15, 0.2) is 0 Å². The largest absolute Gasteiger partial charge is 0.459 e. The minimum atomic E-state index is -0.270. The molecule has 0 radical (unpaired) electrons. The SMILES string of the molecule is CC1CCc2c(sc(NC(=O)C34CC5CC(CC(C5)C3)C4)c2C(=O)OC(C)C)C1. The van der Waals surface area contributed by atoms with E-state index in [9.17, 15) is 9.59 Å². The molecule has 0 saturated heterocycles. The fourth-order valence-electron chi connectivity index (χ4n) is 6.95. The number of nitrogens with one attached hydrogen (secondary N) is 1. The molecule has 5 aliphatic carbocycles. The van der Waals surface area contributed by atoms with Crippen LogP contribution in [0.4, 0.5) is 5.00 Å². The highest BCUT2D eigenvalue weighted by Gasteiger charge is 2.54. The number of carbonyl (C=O) groups is 2. The third-order valence-electron chi connectivity index (χ3n) is 7.81. The van der Waals surface area contributed by atoms with E-state index in [1.165, 1.54) is 24.1 Å². The molecule has 5 heteroatoms. The molecule has 1 aromatic rings. The Balaban J connectivity index is 1.45. The lowest BCUT2D eigenvalue weighted by Gasteiger charge is -2.55. The van der Waals surface area contributed by atoms with Crippen molar-refractivity contribution in [3.63, 3.8) is 0 Å². The van der Waals surface area contributed by atoms with E-state index in [2.05, 4.69) is 12.2 Å². The van der Waals surface area contributed by atoms with Gasteiger partial charge in [0.25, 0.3) is 0 Å². The number of esters is 1. The Morgan fingerprint density at radius 3 is 2.31 bits per heavy atom. The van der Waals surface area contributed by atoms with Gasteiger partial charge in [-0.1, -0.05) is 6.92 Å². The number of carbonyl (C=O) groups excluding carboxylic acids is 2. The predicted molar refractivity (Wildman–Crippen MR) is 115 cm³/mol. The summed E-state index contributed by atoms with van der Waals surface area (Å²) in [6, 6.07) is 0. The van der Waals surface area contributed by atoms with E-state index in [1.807, 2.05) is 13.8 Å². The molecule has 4 saturated carbocycles. The van der Waals surface area contributed by atoms with Crippen LogP contribution in [-0.4, -0.2) is 18.0 Å². The van der Waals surface area contributed by atoms with Gasteiger partial charge in [-0.25, -0.2) is 4.79 Å². The summed E-state index contributed by atoms with van der Waals surface area (Å²) in [5, 5.41) is 4.02. The van der Waals surface area contributed by atoms with E-state index < -0.39 is 0 Å². The molecule has 1 unspecified atom stereocenters. The molecule has 0 aliphatic heterocycles. The normalized spacial score (nSPS) is 34.9. The Morgan fingerprint density at radius 2 is 1.72 bits per heavy atom. The van der Waals surface area contributed by atoms with Crippen LogP contribution in [0.5, 0.6) is 0 Å². The van der Waals surface area contributed by atoms with Crippen LogP contribution < -0.4 is 5.32 Å². The Labute approximate surface area is 177 Å². The molecular weight excluding hydrogens is 382 g/mol. The van der Waals surface area contributed by atoms with Gasteiger partial charge in [0.05, 0.1) is 17.1 Å². The minimum absolute atomic E-state index is 0.160. The number of rotatable bonds is 4. The predicted octanol–water partition coefficient (Wildman–Crippen LogP) is 5.59. The fourth-order valence-corrected chi connectivity index (χ4v) is 8.35. The molecule has 4 nitrogen and oxygen atoms in total. The van der Waals surface area contributed by atoms with Gasteiger partial charge in [-0.2, -0.15) is 0 Å². The number of anilines is 1.